The van der Waals surface area contributed by atoms with Gasteiger partial charge in [0.25, 0.3) is 5.91 Å². The minimum absolute atomic E-state index is 0.176. The second-order valence-corrected chi connectivity index (χ2v) is 5.07. The van der Waals surface area contributed by atoms with Gasteiger partial charge >= 0.3 is 0 Å². The summed E-state index contributed by atoms with van der Waals surface area (Å²) in [4.78, 5) is 29.0. The zero-order chi connectivity index (χ0) is 14.8. The molecule has 5 heteroatoms. The molecule has 0 saturated carbocycles. The Morgan fingerprint density at radius 2 is 2.14 bits per heavy atom. The normalized spacial score (nSPS) is 17.4. The van der Waals surface area contributed by atoms with E-state index in [1.165, 1.54) is 18.5 Å². The van der Waals surface area contributed by atoms with Crippen LogP contribution in [0.3, 0.4) is 0 Å². The molecule has 1 unspecified atom stereocenters. The van der Waals surface area contributed by atoms with Crippen LogP contribution in [0.5, 0.6) is 0 Å². The number of aromatic nitrogens is 1. The fraction of sp³-hybridized carbons (Fsp3) is 0.250. The van der Waals surface area contributed by atoms with Gasteiger partial charge in [-0.25, -0.2) is 0 Å². The van der Waals surface area contributed by atoms with Crippen LogP contribution in [-0.4, -0.2) is 24.5 Å². The first-order valence-electron chi connectivity index (χ1n) is 6.97. The van der Waals surface area contributed by atoms with Crippen LogP contribution in [0.15, 0.2) is 47.5 Å². The fourth-order valence-corrected chi connectivity index (χ4v) is 2.80. The molecule has 108 valence electrons. The van der Waals surface area contributed by atoms with E-state index in [1.807, 2.05) is 31.3 Å². The first-order valence-corrected chi connectivity index (χ1v) is 6.97. The summed E-state index contributed by atoms with van der Waals surface area (Å²) in [5.41, 5.74) is 1.88. The van der Waals surface area contributed by atoms with Crippen LogP contribution in [0, 0.1) is 0 Å². The third-order valence-electron chi connectivity index (χ3n) is 3.89. The van der Waals surface area contributed by atoms with E-state index in [4.69, 9.17) is 0 Å². The second kappa shape index (κ2) is 5.54. The van der Waals surface area contributed by atoms with Crippen molar-refractivity contribution in [2.24, 2.45) is 0 Å². The maximum absolute atomic E-state index is 12.7. The number of carbonyl (C=O) groups is 1. The van der Waals surface area contributed by atoms with Gasteiger partial charge < -0.3 is 15.2 Å². The molecule has 1 atom stereocenters. The molecule has 0 saturated heterocycles. The number of nitrogens with zero attached hydrogens (tertiary/aromatic N) is 1. The van der Waals surface area contributed by atoms with Crippen molar-refractivity contribution in [2.45, 2.75) is 12.5 Å². The molecule has 2 heterocycles. The number of nitrogens with one attached hydrogen (secondary N) is 2. The van der Waals surface area contributed by atoms with E-state index < -0.39 is 0 Å². The first kappa shape index (κ1) is 13.6. The maximum atomic E-state index is 12.7. The SMILES string of the molecule is CNC1CCN(C(=O)c2c[nH]ccc2=O)c2ccccc21. The van der Waals surface area contributed by atoms with Crippen molar-refractivity contribution in [3.63, 3.8) is 0 Å². The van der Waals surface area contributed by atoms with Gasteiger partial charge in [0.15, 0.2) is 5.43 Å². The van der Waals surface area contributed by atoms with Gasteiger partial charge in [0.1, 0.15) is 5.56 Å². The Bertz CT molecular complexity index is 723. The Hall–Kier alpha value is -2.40. The van der Waals surface area contributed by atoms with Gasteiger partial charge in [0.2, 0.25) is 0 Å². The molecule has 2 N–H and O–H groups in total. The molecule has 3 rings (SSSR count). The lowest BCUT2D eigenvalue weighted by molar-refractivity contribution is 0.0982. The van der Waals surface area contributed by atoms with Crippen LogP contribution in [0.1, 0.15) is 28.4 Å². The van der Waals surface area contributed by atoms with E-state index in [0.29, 0.717) is 6.54 Å². The number of H-pyrrole nitrogens is 1. The molecule has 0 bridgehead atoms. The highest BCUT2D eigenvalue weighted by atomic mass is 16.2. The molecule has 0 radical (unpaired) electrons. The highest BCUT2D eigenvalue weighted by Gasteiger charge is 2.29. The van der Waals surface area contributed by atoms with Crippen molar-refractivity contribution in [2.75, 3.05) is 18.5 Å². The molecule has 1 amide bonds. The van der Waals surface area contributed by atoms with E-state index in [9.17, 15) is 9.59 Å². The molecular weight excluding hydrogens is 266 g/mol. The zero-order valence-electron chi connectivity index (χ0n) is 11.8. The summed E-state index contributed by atoms with van der Waals surface area (Å²) in [6.07, 6.45) is 3.82. The number of hydrogen-bond donors (Lipinski definition) is 2. The zero-order valence-corrected chi connectivity index (χ0v) is 11.8. The monoisotopic (exact) mass is 283 g/mol. The topological polar surface area (TPSA) is 65.2 Å². The lowest BCUT2D eigenvalue weighted by atomic mass is 9.96. The predicted molar refractivity (Wildman–Crippen MR) is 81.6 cm³/mol. The van der Waals surface area contributed by atoms with E-state index >= 15 is 0 Å². The third-order valence-corrected chi connectivity index (χ3v) is 3.89. The number of pyridine rings is 1. The number of aromatic amines is 1. The number of benzene rings is 1. The van der Waals surface area contributed by atoms with Gasteiger partial charge in [0, 0.05) is 36.7 Å². The molecule has 1 aliphatic heterocycles. The number of carbonyl (C=O) groups excluding carboxylic acids is 1. The van der Waals surface area contributed by atoms with Gasteiger partial charge in [-0.3, -0.25) is 9.59 Å². The van der Waals surface area contributed by atoms with Crippen LogP contribution in [0.2, 0.25) is 0 Å². The van der Waals surface area contributed by atoms with Crippen molar-refractivity contribution < 1.29 is 4.79 Å². The predicted octanol–water partition coefficient (Wildman–Crippen LogP) is 1.69. The average Bonchev–Trinajstić information content (AvgIpc) is 2.53. The number of amides is 1. The molecule has 2 aromatic rings. The number of hydrogen-bond acceptors (Lipinski definition) is 3. The molecule has 5 nitrogen and oxygen atoms in total. The highest BCUT2D eigenvalue weighted by molar-refractivity contribution is 6.06. The van der Waals surface area contributed by atoms with E-state index in [-0.39, 0.29) is 22.9 Å². The fourth-order valence-electron chi connectivity index (χ4n) is 2.80. The van der Waals surface area contributed by atoms with Crippen LogP contribution >= 0.6 is 0 Å². The van der Waals surface area contributed by atoms with Crippen LogP contribution < -0.4 is 15.6 Å². The molecule has 0 aliphatic carbocycles. The number of anilines is 1. The van der Waals surface area contributed by atoms with Gasteiger partial charge in [0.05, 0.1) is 0 Å². The number of fused-ring (bicyclic) bond motifs is 1. The summed E-state index contributed by atoms with van der Waals surface area (Å²) in [5, 5.41) is 3.26. The lowest BCUT2D eigenvalue weighted by Gasteiger charge is -2.34. The lowest BCUT2D eigenvalue weighted by Crippen LogP contribution is -2.40. The Kier molecular flexibility index (Phi) is 3.58. The molecule has 21 heavy (non-hydrogen) atoms. The summed E-state index contributed by atoms with van der Waals surface area (Å²) in [6.45, 7) is 0.593. The average molecular weight is 283 g/mol. The molecule has 0 fully saturated rings. The standard InChI is InChI=1S/C16H17N3O2/c1-17-13-7-9-19(14-5-3-2-4-11(13)14)16(21)12-10-18-8-6-15(12)20/h2-6,8,10,13,17H,7,9H2,1H3,(H,18,20). The van der Waals surface area contributed by atoms with E-state index in [0.717, 1.165) is 17.7 Å². The smallest absolute Gasteiger partial charge is 0.263 e. The first-order chi connectivity index (χ1) is 10.2. The highest BCUT2D eigenvalue weighted by Crippen LogP contribution is 2.33. The molecule has 1 aliphatic rings. The van der Waals surface area contributed by atoms with E-state index in [2.05, 4.69) is 10.3 Å². The number of para-hydroxylation sites is 1. The summed E-state index contributed by atoms with van der Waals surface area (Å²) in [7, 11) is 1.92. The van der Waals surface area contributed by atoms with Crippen molar-refractivity contribution >= 4 is 11.6 Å². The molecular formula is C16H17N3O2. The quantitative estimate of drug-likeness (QED) is 0.881. The largest absolute Gasteiger partial charge is 0.367 e. The second-order valence-electron chi connectivity index (χ2n) is 5.07. The molecule has 0 spiro atoms. The van der Waals surface area contributed by atoms with Crippen molar-refractivity contribution in [1.82, 2.24) is 10.3 Å². The summed E-state index contributed by atoms with van der Waals surface area (Å²) >= 11 is 0. The van der Waals surface area contributed by atoms with Crippen molar-refractivity contribution in [3.05, 3.63) is 64.1 Å². The minimum atomic E-state index is -0.257. The van der Waals surface area contributed by atoms with Crippen LogP contribution in [0.25, 0.3) is 0 Å². The Morgan fingerprint density at radius 1 is 1.33 bits per heavy atom. The van der Waals surface area contributed by atoms with Gasteiger partial charge in [-0.2, -0.15) is 0 Å². The maximum Gasteiger partial charge on any atom is 0.263 e. The Morgan fingerprint density at radius 3 is 2.90 bits per heavy atom. The molecule has 1 aromatic carbocycles. The summed E-state index contributed by atoms with van der Waals surface area (Å²) in [5.74, 6) is -0.251. The minimum Gasteiger partial charge on any atom is -0.367 e. The van der Waals surface area contributed by atoms with E-state index in [1.54, 1.807) is 4.90 Å². The van der Waals surface area contributed by atoms with Gasteiger partial charge in [-0.05, 0) is 25.1 Å². The van der Waals surface area contributed by atoms with Crippen molar-refractivity contribution in [3.8, 4) is 0 Å². The van der Waals surface area contributed by atoms with Gasteiger partial charge in [-0.15, -0.1) is 0 Å². The third kappa shape index (κ3) is 2.36. The molecule has 1 aromatic heterocycles. The van der Waals surface area contributed by atoms with Crippen LogP contribution in [-0.2, 0) is 0 Å². The Balaban J connectivity index is 2.03. The summed E-state index contributed by atoms with van der Waals surface area (Å²) < 4.78 is 0. The Labute approximate surface area is 122 Å². The van der Waals surface area contributed by atoms with Gasteiger partial charge in [-0.1, -0.05) is 18.2 Å². The number of rotatable bonds is 2. The van der Waals surface area contributed by atoms with Crippen molar-refractivity contribution in [1.29, 1.82) is 0 Å². The van der Waals surface area contributed by atoms with Crippen LogP contribution in [0.4, 0.5) is 5.69 Å². The summed E-state index contributed by atoms with van der Waals surface area (Å²) in [6, 6.07) is 9.43.